The second-order valence-electron chi connectivity index (χ2n) is 4.14. The molecule has 1 aromatic rings. The van der Waals surface area contributed by atoms with Gasteiger partial charge in [0.2, 0.25) is 9.05 Å². The molecule has 0 aromatic heterocycles. The van der Waals surface area contributed by atoms with Crippen LogP contribution < -0.4 is 5.46 Å². The fraction of sp³-hybridized carbons (Fsp3) is 0.400. The summed E-state index contributed by atoms with van der Waals surface area (Å²) in [6, 6.07) is 0. The number of hydrogen-bond donors (Lipinski definition) is 2. The number of hydrogen-bond acceptors (Lipinski definition) is 4. The summed E-state index contributed by atoms with van der Waals surface area (Å²) in [5, 5.41) is 18.8. The number of halogens is 2. The molecular weight excluding hydrogens is 389 g/mol. The van der Waals surface area contributed by atoms with E-state index >= 15 is 0 Å². The van der Waals surface area contributed by atoms with E-state index in [1.807, 2.05) is 0 Å². The van der Waals surface area contributed by atoms with E-state index in [0.29, 0.717) is 16.6 Å². The first-order valence-corrected chi connectivity index (χ1v) is 8.68. The molecule has 0 fully saturated rings. The number of benzene rings is 1. The van der Waals surface area contributed by atoms with Gasteiger partial charge in [-0.25, -0.2) is 8.42 Å². The van der Waals surface area contributed by atoms with Gasteiger partial charge in [0.05, 0.1) is 5.75 Å². The Morgan fingerprint density at radius 2 is 1.67 bits per heavy atom. The highest BCUT2D eigenvalue weighted by atomic mass is 127. The zero-order valence-corrected chi connectivity index (χ0v) is 13.9. The van der Waals surface area contributed by atoms with Crippen molar-refractivity contribution in [2.45, 2.75) is 26.5 Å². The minimum absolute atomic E-state index is 0.317. The normalized spacial score (nSPS) is 11.7. The first kappa shape index (κ1) is 16.2. The van der Waals surface area contributed by atoms with Crippen molar-refractivity contribution in [3.8, 4) is 0 Å². The van der Waals surface area contributed by atoms with Crippen molar-refractivity contribution in [2.75, 3.05) is 0 Å². The predicted octanol–water partition coefficient (Wildman–Crippen LogP) is 0.965. The van der Waals surface area contributed by atoms with Gasteiger partial charge in [-0.1, -0.05) is 0 Å². The molecule has 0 unspecified atom stereocenters. The van der Waals surface area contributed by atoms with E-state index < -0.39 is 16.2 Å². The topological polar surface area (TPSA) is 74.6 Å². The smallest absolute Gasteiger partial charge is 0.423 e. The van der Waals surface area contributed by atoms with Gasteiger partial charge in [0.15, 0.2) is 0 Å². The molecule has 8 heteroatoms. The van der Waals surface area contributed by atoms with Crippen LogP contribution >= 0.6 is 33.3 Å². The average Bonchev–Trinajstić information content (AvgIpc) is 2.20. The van der Waals surface area contributed by atoms with Crippen molar-refractivity contribution < 1.29 is 18.5 Å². The summed E-state index contributed by atoms with van der Waals surface area (Å²) in [6.07, 6.45) is 0. The second kappa shape index (κ2) is 5.66. The van der Waals surface area contributed by atoms with E-state index in [9.17, 15) is 18.5 Å². The van der Waals surface area contributed by atoms with Crippen LogP contribution in [-0.2, 0) is 14.8 Å². The molecular formula is C10H13BClIO4S. The van der Waals surface area contributed by atoms with Gasteiger partial charge in [-0.15, -0.1) is 0 Å². The lowest BCUT2D eigenvalue weighted by molar-refractivity contribution is 0.425. The fourth-order valence-corrected chi connectivity index (χ4v) is 3.75. The maximum atomic E-state index is 11.2. The summed E-state index contributed by atoms with van der Waals surface area (Å²) < 4.78 is 23.3. The van der Waals surface area contributed by atoms with Gasteiger partial charge < -0.3 is 10.0 Å². The first-order chi connectivity index (χ1) is 8.06. The van der Waals surface area contributed by atoms with E-state index in [0.717, 1.165) is 14.7 Å². The Hall–Kier alpha value is 0.175. The molecule has 0 aliphatic carbocycles. The Bertz CT molecular complexity index is 586. The van der Waals surface area contributed by atoms with Crippen LogP contribution in [0.5, 0.6) is 0 Å². The van der Waals surface area contributed by atoms with Crippen molar-refractivity contribution in [2.24, 2.45) is 0 Å². The molecule has 100 valence electrons. The molecule has 0 heterocycles. The molecule has 0 spiro atoms. The van der Waals surface area contributed by atoms with Gasteiger partial charge in [-0.2, -0.15) is 0 Å². The Kier molecular flexibility index (Phi) is 5.10. The van der Waals surface area contributed by atoms with Crippen LogP contribution in [0.25, 0.3) is 0 Å². The largest absolute Gasteiger partial charge is 0.489 e. The van der Waals surface area contributed by atoms with Crippen LogP contribution in [0.4, 0.5) is 0 Å². The molecule has 0 saturated heterocycles. The van der Waals surface area contributed by atoms with Gasteiger partial charge in [0, 0.05) is 14.3 Å². The molecule has 1 aromatic carbocycles. The first-order valence-electron chi connectivity index (χ1n) is 5.12. The molecule has 0 aliphatic heterocycles. The lowest BCUT2D eigenvalue weighted by Crippen LogP contribution is -2.36. The number of rotatable bonds is 3. The molecule has 0 radical (unpaired) electrons. The highest BCUT2D eigenvalue weighted by molar-refractivity contribution is 14.1. The molecule has 18 heavy (non-hydrogen) atoms. The van der Waals surface area contributed by atoms with Crippen LogP contribution in [0.15, 0.2) is 0 Å². The van der Waals surface area contributed by atoms with E-state index in [4.69, 9.17) is 10.7 Å². The summed E-state index contributed by atoms with van der Waals surface area (Å²) >= 11 is 2.06. The third-order valence-corrected chi connectivity index (χ3v) is 5.53. The molecule has 4 nitrogen and oxygen atoms in total. The standard InChI is InChI=1S/C10H13BClIO4S/c1-5-8(4-18(12,16)17)6(2)10(13)7(3)9(5)11(14)15/h14-15H,4H2,1-3H3. The lowest BCUT2D eigenvalue weighted by atomic mass is 9.72. The third kappa shape index (κ3) is 3.38. The van der Waals surface area contributed by atoms with Gasteiger partial charge in [-0.05, 0) is 71.1 Å². The molecule has 0 amide bonds. The van der Waals surface area contributed by atoms with Crippen molar-refractivity contribution in [3.63, 3.8) is 0 Å². The summed E-state index contributed by atoms with van der Waals surface area (Å²) in [5.74, 6) is -0.317. The van der Waals surface area contributed by atoms with Gasteiger partial charge in [0.1, 0.15) is 0 Å². The van der Waals surface area contributed by atoms with Crippen LogP contribution in [0.3, 0.4) is 0 Å². The third-order valence-electron chi connectivity index (χ3n) is 2.95. The zero-order chi connectivity index (χ0) is 14.2. The molecule has 0 saturated carbocycles. The SMILES string of the molecule is Cc1c(I)c(C)c(B(O)O)c(C)c1CS(=O)(=O)Cl. The Labute approximate surface area is 125 Å². The van der Waals surface area contributed by atoms with Gasteiger partial charge in [-0.3, -0.25) is 0 Å². The highest BCUT2D eigenvalue weighted by Gasteiger charge is 2.25. The minimum atomic E-state index is -3.69. The Balaban J connectivity index is 3.62. The van der Waals surface area contributed by atoms with E-state index in [1.54, 1.807) is 20.8 Å². The van der Waals surface area contributed by atoms with E-state index in [-0.39, 0.29) is 5.75 Å². The monoisotopic (exact) mass is 402 g/mol. The fourth-order valence-electron chi connectivity index (χ4n) is 2.03. The van der Waals surface area contributed by atoms with Crippen LogP contribution in [0.2, 0.25) is 0 Å². The quantitative estimate of drug-likeness (QED) is 0.449. The van der Waals surface area contributed by atoms with Crippen molar-refractivity contribution in [1.82, 2.24) is 0 Å². The van der Waals surface area contributed by atoms with E-state index in [1.165, 1.54) is 0 Å². The molecule has 2 N–H and O–H groups in total. The summed E-state index contributed by atoms with van der Waals surface area (Å²) in [7, 11) is -0.0370. The average molecular weight is 402 g/mol. The van der Waals surface area contributed by atoms with Crippen LogP contribution in [-0.4, -0.2) is 25.6 Å². The summed E-state index contributed by atoms with van der Waals surface area (Å²) in [4.78, 5) is 0. The van der Waals surface area contributed by atoms with Gasteiger partial charge in [0.25, 0.3) is 0 Å². The van der Waals surface area contributed by atoms with Crippen molar-refractivity contribution in [1.29, 1.82) is 0 Å². The molecule has 1 rings (SSSR count). The van der Waals surface area contributed by atoms with Gasteiger partial charge >= 0.3 is 7.12 Å². The van der Waals surface area contributed by atoms with Crippen molar-refractivity contribution in [3.05, 3.63) is 25.8 Å². The van der Waals surface area contributed by atoms with E-state index in [2.05, 4.69) is 22.6 Å². The minimum Gasteiger partial charge on any atom is -0.423 e. The maximum absolute atomic E-state index is 11.2. The second-order valence-corrected chi connectivity index (χ2v) is 7.99. The molecule has 0 bridgehead atoms. The predicted molar refractivity (Wildman–Crippen MR) is 81.7 cm³/mol. The van der Waals surface area contributed by atoms with Crippen molar-refractivity contribution >= 4 is 54.9 Å². The summed E-state index contributed by atoms with van der Waals surface area (Å²) in [5.41, 5.74) is 2.99. The molecule has 0 atom stereocenters. The van der Waals surface area contributed by atoms with Crippen LogP contribution in [0, 0.1) is 24.3 Å². The Morgan fingerprint density at radius 3 is 2.06 bits per heavy atom. The summed E-state index contributed by atoms with van der Waals surface area (Å²) in [6.45, 7) is 5.24. The van der Waals surface area contributed by atoms with Crippen LogP contribution in [0.1, 0.15) is 22.3 Å². The maximum Gasteiger partial charge on any atom is 0.489 e. The Morgan fingerprint density at radius 1 is 1.17 bits per heavy atom. The zero-order valence-electron chi connectivity index (χ0n) is 10.2. The highest BCUT2D eigenvalue weighted by Crippen LogP contribution is 2.25. The molecule has 0 aliphatic rings. The lowest BCUT2D eigenvalue weighted by Gasteiger charge is -2.18.